The lowest BCUT2D eigenvalue weighted by molar-refractivity contribution is -0.151. The van der Waals surface area contributed by atoms with Crippen molar-refractivity contribution >= 4 is 27.8 Å². The van der Waals surface area contributed by atoms with Crippen molar-refractivity contribution in [2.75, 3.05) is 13.1 Å². The second-order valence-corrected chi connectivity index (χ2v) is 7.59. The predicted octanol–water partition coefficient (Wildman–Crippen LogP) is 4.35. The summed E-state index contributed by atoms with van der Waals surface area (Å²) in [5.74, 6) is -0.278. The van der Waals surface area contributed by atoms with Crippen LogP contribution in [0.5, 0.6) is 0 Å². The summed E-state index contributed by atoms with van der Waals surface area (Å²) in [6.45, 7) is 3.49. The third-order valence-electron chi connectivity index (χ3n) is 4.67. The number of hydrogen-bond donors (Lipinski definition) is 0. The molecule has 5 heteroatoms. The van der Waals surface area contributed by atoms with E-state index in [1.807, 2.05) is 60.4 Å². The lowest BCUT2D eigenvalue weighted by atomic mass is 9.96. The Bertz CT molecular complexity index is 780. The fraction of sp³-hybridized carbons (Fsp3) is 0.333. The summed E-state index contributed by atoms with van der Waals surface area (Å²) in [6, 6.07) is 15.3. The Hall–Kier alpha value is -2.14. The number of carbonyl (C=O) groups is 2. The summed E-state index contributed by atoms with van der Waals surface area (Å²) in [5, 5.41) is 0. The van der Waals surface area contributed by atoms with Gasteiger partial charge >= 0.3 is 5.97 Å². The quantitative estimate of drug-likeness (QED) is 0.697. The molecule has 0 aliphatic carbocycles. The highest BCUT2D eigenvalue weighted by molar-refractivity contribution is 9.10. The van der Waals surface area contributed by atoms with Crippen LogP contribution < -0.4 is 0 Å². The van der Waals surface area contributed by atoms with Crippen LogP contribution in [0.2, 0.25) is 0 Å². The highest BCUT2D eigenvalue weighted by Crippen LogP contribution is 2.21. The van der Waals surface area contributed by atoms with Gasteiger partial charge < -0.3 is 9.64 Å². The van der Waals surface area contributed by atoms with Gasteiger partial charge in [-0.25, -0.2) is 0 Å². The molecule has 3 rings (SSSR count). The van der Waals surface area contributed by atoms with Gasteiger partial charge in [0, 0.05) is 23.1 Å². The van der Waals surface area contributed by atoms with Crippen molar-refractivity contribution < 1.29 is 14.3 Å². The van der Waals surface area contributed by atoms with Gasteiger partial charge in [-0.2, -0.15) is 0 Å². The van der Waals surface area contributed by atoms with Crippen molar-refractivity contribution in [2.24, 2.45) is 5.92 Å². The van der Waals surface area contributed by atoms with Gasteiger partial charge in [-0.1, -0.05) is 45.8 Å². The molecule has 0 atom stereocenters. The van der Waals surface area contributed by atoms with Crippen molar-refractivity contribution in [3.63, 3.8) is 0 Å². The van der Waals surface area contributed by atoms with Gasteiger partial charge in [0.15, 0.2) is 0 Å². The van der Waals surface area contributed by atoms with Gasteiger partial charge in [0.2, 0.25) is 0 Å². The van der Waals surface area contributed by atoms with Crippen LogP contribution in [-0.2, 0) is 16.1 Å². The van der Waals surface area contributed by atoms with E-state index < -0.39 is 0 Å². The molecular weight excluding hydrogens is 394 g/mol. The Morgan fingerprint density at radius 2 is 1.81 bits per heavy atom. The summed E-state index contributed by atoms with van der Waals surface area (Å²) >= 11 is 3.37. The molecule has 1 aliphatic rings. The number of rotatable bonds is 4. The lowest BCUT2D eigenvalue weighted by Gasteiger charge is -2.31. The number of hydrogen-bond acceptors (Lipinski definition) is 3. The van der Waals surface area contributed by atoms with Gasteiger partial charge in [0.05, 0.1) is 5.92 Å². The Labute approximate surface area is 162 Å². The number of piperidine rings is 1. The predicted molar refractivity (Wildman–Crippen MR) is 104 cm³/mol. The SMILES string of the molecule is Cc1cccc(COC(=O)C2CCN(C(=O)c3ccc(Br)cc3)CC2)c1. The van der Waals surface area contributed by atoms with E-state index in [0.29, 0.717) is 38.1 Å². The average molecular weight is 416 g/mol. The van der Waals surface area contributed by atoms with Gasteiger partial charge in [-0.05, 0) is 49.6 Å². The van der Waals surface area contributed by atoms with Crippen molar-refractivity contribution in [1.82, 2.24) is 4.90 Å². The van der Waals surface area contributed by atoms with E-state index >= 15 is 0 Å². The molecule has 0 spiro atoms. The molecule has 0 radical (unpaired) electrons. The zero-order valence-corrected chi connectivity index (χ0v) is 16.4. The number of amides is 1. The monoisotopic (exact) mass is 415 g/mol. The molecule has 4 nitrogen and oxygen atoms in total. The maximum atomic E-state index is 12.5. The van der Waals surface area contributed by atoms with Crippen molar-refractivity contribution in [3.8, 4) is 0 Å². The highest BCUT2D eigenvalue weighted by atomic mass is 79.9. The third-order valence-corrected chi connectivity index (χ3v) is 5.20. The summed E-state index contributed by atoms with van der Waals surface area (Å²) in [6.07, 6.45) is 1.30. The smallest absolute Gasteiger partial charge is 0.309 e. The van der Waals surface area contributed by atoms with Gasteiger partial charge in [-0.15, -0.1) is 0 Å². The number of nitrogens with zero attached hydrogens (tertiary/aromatic N) is 1. The van der Waals surface area contributed by atoms with E-state index in [-0.39, 0.29) is 17.8 Å². The fourth-order valence-corrected chi connectivity index (χ4v) is 3.43. The van der Waals surface area contributed by atoms with Crippen LogP contribution >= 0.6 is 15.9 Å². The molecule has 1 amide bonds. The van der Waals surface area contributed by atoms with Crippen LogP contribution in [-0.4, -0.2) is 29.9 Å². The maximum absolute atomic E-state index is 12.5. The minimum atomic E-state index is -0.165. The molecule has 2 aromatic rings. The van der Waals surface area contributed by atoms with Crippen LogP contribution in [0.1, 0.15) is 34.3 Å². The van der Waals surface area contributed by atoms with E-state index in [9.17, 15) is 9.59 Å². The second kappa shape index (κ2) is 8.49. The molecule has 136 valence electrons. The summed E-state index contributed by atoms with van der Waals surface area (Å²) in [7, 11) is 0. The fourth-order valence-electron chi connectivity index (χ4n) is 3.17. The number of carbonyl (C=O) groups excluding carboxylic acids is 2. The van der Waals surface area contributed by atoms with Crippen LogP contribution in [0.15, 0.2) is 53.0 Å². The number of halogens is 1. The molecule has 0 unspecified atom stereocenters. The first-order valence-electron chi connectivity index (χ1n) is 8.80. The molecule has 0 saturated carbocycles. The lowest BCUT2D eigenvalue weighted by Crippen LogP contribution is -2.40. The van der Waals surface area contributed by atoms with Crippen LogP contribution in [0, 0.1) is 12.8 Å². The Kier molecular flexibility index (Phi) is 6.09. The molecule has 1 fully saturated rings. The summed E-state index contributed by atoms with van der Waals surface area (Å²) < 4.78 is 6.42. The summed E-state index contributed by atoms with van der Waals surface area (Å²) in [5.41, 5.74) is 2.83. The number of esters is 1. The number of ether oxygens (including phenoxy) is 1. The van der Waals surface area contributed by atoms with Crippen LogP contribution in [0.3, 0.4) is 0 Å². The van der Waals surface area contributed by atoms with Crippen molar-refractivity contribution in [2.45, 2.75) is 26.4 Å². The maximum Gasteiger partial charge on any atom is 0.309 e. The topological polar surface area (TPSA) is 46.6 Å². The molecule has 1 aliphatic heterocycles. The van der Waals surface area contributed by atoms with Crippen molar-refractivity contribution in [3.05, 3.63) is 69.7 Å². The van der Waals surface area contributed by atoms with Crippen LogP contribution in [0.4, 0.5) is 0 Å². The highest BCUT2D eigenvalue weighted by Gasteiger charge is 2.28. The first kappa shape index (κ1) is 18.6. The Morgan fingerprint density at radius 3 is 2.46 bits per heavy atom. The van der Waals surface area contributed by atoms with Crippen molar-refractivity contribution in [1.29, 1.82) is 0 Å². The molecule has 1 saturated heterocycles. The van der Waals surface area contributed by atoms with Gasteiger partial charge in [0.1, 0.15) is 6.61 Å². The number of aryl methyl sites for hydroxylation is 1. The molecule has 1 heterocycles. The van der Waals surface area contributed by atoms with Gasteiger partial charge in [0.25, 0.3) is 5.91 Å². The first-order valence-corrected chi connectivity index (χ1v) is 9.59. The largest absolute Gasteiger partial charge is 0.461 e. The van der Waals surface area contributed by atoms with E-state index in [2.05, 4.69) is 15.9 Å². The molecule has 0 aromatic heterocycles. The van der Waals surface area contributed by atoms with Crippen LogP contribution in [0.25, 0.3) is 0 Å². The number of benzene rings is 2. The molecule has 0 N–H and O–H groups in total. The second-order valence-electron chi connectivity index (χ2n) is 6.67. The van der Waals surface area contributed by atoms with Gasteiger partial charge in [-0.3, -0.25) is 9.59 Å². The first-order chi connectivity index (χ1) is 12.5. The Morgan fingerprint density at radius 1 is 1.12 bits per heavy atom. The zero-order chi connectivity index (χ0) is 18.5. The average Bonchev–Trinajstić information content (AvgIpc) is 2.66. The minimum Gasteiger partial charge on any atom is -0.461 e. The number of likely N-dealkylation sites (tertiary alicyclic amines) is 1. The van der Waals surface area contributed by atoms with E-state index in [1.165, 1.54) is 0 Å². The molecular formula is C21H22BrNO3. The minimum absolute atomic E-state index is 0.0177. The molecule has 0 bridgehead atoms. The zero-order valence-electron chi connectivity index (χ0n) is 14.8. The standard InChI is InChI=1S/C21H22BrNO3/c1-15-3-2-4-16(13-15)14-26-21(25)18-9-11-23(12-10-18)20(24)17-5-7-19(22)8-6-17/h2-8,13,18H,9-12,14H2,1H3. The Balaban J connectivity index is 1.49. The van der Waals surface area contributed by atoms with E-state index in [1.54, 1.807) is 0 Å². The third kappa shape index (κ3) is 4.73. The molecule has 26 heavy (non-hydrogen) atoms. The molecule has 2 aromatic carbocycles. The normalized spacial score (nSPS) is 14.9. The summed E-state index contributed by atoms with van der Waals surface area (Å²) in [4.78, 5) is 26.6. The van der Waals surface area contributed by atoms with E-state index in [0.717, 1.165) is 15.6 Å². The van der Waals surface area contributed by atoms with E-state index in [4.69, 9.17) is 4.74 Å².